The SMILES string of the molecule is Cc1sc2ncn(CC(=O)Nc3ccc(F)c(Cl)c3)c(=O)c2c1S(=O)(=O)N1CCCCC1. The molecule has 1 aromatic carbocycles. The Labute approximate surface area is 192 Å². The highest BCUT2D eigenvalue weighted by molar-refractivity contribution is 7.89. The van der Waals surface area contributed by atoms with E-state index < -0.39 is 33.9 Å². The highest BCUT2D eigenvalue weighted by atomic mass is 35.5. The van der Waals surface area contributed by atoms with Crippen molar-refractivity contribution in [2.45, 2.75) is 37.6 Å². The number of aromatic nitrogens is 2. The van der Waals surface area contributed by atoms with Crippen LogP contribution in [-0.2, 0) is 21.4 Å². The Hall–Kier alpha value is -2.34. The zero-order valence-electron chi connectivity index (χ0n) is 17.1. The molecule has 3 heterocycles. The quantitative estimate of drug-likeness (QED) is 0.581. The van der Waals surface area contributed by atoms with Gasteiger partial charge in [-0.25, -0.2) is 17.8 Å². The minimum Gasteiger partial charge on any atom is -0.324 e. The smallest absolute Gasteiger partial charge is 0.263 e. The Kier molecular flexibility index (Phi) is 6.35. The van der Waals surface area contributed by atoms with E-state index in [2.05, 4.69) is 10.3 Å². The Morgan fingerprint density at radius 3 is 2.69 bits per heavy atom. The Balaban J connectivity index is 1.67. The van der Waals surface area contributed by atoms with Crippen LogP contribution in [0.1, 0.15) is 24.1 Å². The number of carbonyl (C=O) groups is 1. The van der Waals surface area contributed by atoms with Gasteiger partial charge < -0.3 is 5.32 Å². The van der Waals surface area contributed by atoms with Crippen LogP contribution in [0.4, 0.5) is 10.1 Å². The number of rotatable bonds is 5. The maximum atomic E-state index is 13.3. The van der Waals surface area contributed by atoms with Crippen molar-refractivity contribution in [1.82, 2.24) is 13.9 Å². The average molecular weight is 499 g/mol. The number of amides is 1. The summed E-state index contributed by atoms with van der Waals surface area (Å²) in [5, 5.41) is 2.38. The first kappa shape index (κ1) is 22.8. The maximum Gasteiger partial charge on any atom is 0.263 e. The summed E-state index contributed by atoms with van der Waals surface area (Å²) in [6, 6.07) is 3.71. The fourth-order valence-electron chi connectivity index (χ4n) is 3.70. The monoisotopic (exact) mass is 498 g/mol. The Bertz CT molecular complexity index is 1360. The van der Waals surface area contributed by atoms with Gasteiger partial charge in [0.2, 0.25) is 15.9 Å². The summed E-state index contributed by atoms with van der Waals surface area (Å²) >= 11 is 6.86. The van der Waals surface area contributed by atoms with Gasteiger partial charge in [-0.1, -0.05) is 18.0 Å². The van der Waals surface area contributed by atoms with E-state index in [1.54, 1.807) is 6.92 Å². The minimum absolute atomic E-state index is 0.00167. The number of anilines is 1. The van der Waals surface area contributed by atoms with Crippen LogP contribution in [0.2, 0.25) is 5.02 Å². The van der Waals surface area contributed by atoms with Crippen LogP contribution in [0.25, 0.3) is 10.2 Å². The lowest BCUT2D eigenvalue weighted by atomic mass is 10.2. The van der Waals surface area contributed by atoms with Crippen LogP contribution in [0.15, 0.2) is 34.2 Å². The number of piperidine rings is 1. The molecule has 32 heavy (non-hydrogen) atoms. The molecule has 1 N–H and O–H groups in total. The summed E-state index contributed by atoms with van der Waals surface area (Å²) in [7, 11) is -3.86. The van der Waals surface area contributed by atoms with Gasteiger partial charge in [0.15, 0.2) is 0 Å². The van der Waals surface area contributed by atoms with Crippen molar-refractivity contribution in [2.75, 3.05) is 18.4 Å². The molecule has 1 fully saturated rings. The second kappa shape index (κ2) is 8.89. The number of thiophene rings is 1. The number of nitrogens with zero attached hydrogens (tertiary/aromatic N) is 3. The van der Waals surface area contributed by atoms with Gasteiger partial charge in [0.1, 0.15) is 22.1 Å². The molecule has 0 bridgehead atoms. The van der Waals surface area contributed by atoms with Crippen molar-refractivity contribution in [1.29, 1.82) is 0 Å². The molecule has 4 rings (SSSR count). The number of carbonyl (C=O) groups excluding carboxylic acids is 1. The molecule has 170 valence electrons. The lowest BCUT2D eigenvalue weighted by molar-refractivity contribution is -0.116. The molecule has 0 spiro atoms. The lowest BCUT2D eigenvalue weighted by Gasteiger charge is -2.25. The van der Waals surface area contributed by atoms with E-state index in [1.807, 2.05) is 0 Å². The molecule has 0 atom stereocenters. The fraction of sp³-hybridized carbons (Fsp3) is 0.350. The molecule has 1 saturated heterocycles. The lowest BCUT2D eigenvalue weighted by Crippen LogP contribution is -2.36. The molecule has 12 heteroatoms. The van der Waals surface area contributed by atoms with Crippen LogP contribution >= 0.6 is 22.9 Å². The van der Waals surface area contributed by atoms with Crippen LogP contribution in [-0.4, -0.2) is 41.3 Å². The van der Waals surface area contributed by atoms with Gasteiger partial charge in [-0.15, -0.1) is 11.3 Å². The van der Waals surface area contributed by atoms with Crippen molar-refractivity contribution in [3.05, 3.63) is 50.6 Å². The van der Waals surface area contributed by atoms with Gasteiger partial charge in [-0.2, -0.15) is 4.31 Å². The molecule has 0 radical (unpaired) electrons. The standard InChI is InChI=1S/C20H20ClFN4O4S2/c1-12-18(32(29,30)26-7-3-2-4-8-26)17-19(31-12)23-11-25(20(17)28)10-16(27)24-13-5-6-15(22)14(21)9-13/h5-6,9,11H,2-4,7-8,10H2,1H3,(H,24,27). The summed E-state index contributed by atoms with van der Waals surface area (Å²) in [6.07, 6.45) is 3.74. The maximum absolute atomic E-state index is 13.3. The summed E-state index contributed by atoms with van der Waals surface area (Å²) < 4.78 is 42.4. The number of benzene rings is 1. The second-order valence-electron chi connectivity index (χ2n) is 7.49. The number of hydrogen-bond donors (Lipinski definition) is 1. The summed E-state index contributed by atoms with van der Waals surface area (Å²) in [4.78, 5) is 30.6. The van der Waals surface area contributed by atoms with E-state index in [4.69, 9.17) is 11.6 Å². The van der Waals surface area contributed by atoms with E-state index in [0.29, 0.717) is 22.8 Å². The second-order valence-corrected chi connectivity index (χ2v) is 11.0. The normalized spacial score (nSPS) is 15.2. The number of hydrogen-bond acceptors (Lipinski definition) is 6. The topological polar surface area (TPSA) is 101 Å². The van der Waals surface area contributed by atoms with Crippen LogP contribution in [0, 0.1) is 12.7 Å². The predicted octanol–water partition coefficient (Wildman–Crippen LogP) is 3.37. The number of halogens is 2. The van der Waals surface area contributed by atoms with E-state index in [1.165, 1.54) is 22.8 Å². The fourth-order valence-corrected chi connectivity index (χ4v) is 7.06. The van der Waals surface area contributed by atoms with Crippen molar-refractivity contribution in [2.24, 2.45) is 0 Å². The molecule has 1 aliphatic rings. The summed E-state index contributed by atoms with van der Waals surface area (Å²) in [6.45, 7) is 2.08. The molecule has 0 saturated carbocycles. The van der Waals surface area contributed by atoms with Crippen molar-refractivity contribution < 1.29 is 17.6 Å². The van der Waals surface area contributed by atoms with Gasteiger partial charge >= 0.3 is 0 Å². The predicted molar refractivity (Wildman–Crippen MR) is 121 cm³/mol. The third-order valence-corrected chi connectivity index (χ3v) is 8.73. The van der Waals surface area contributed by atoms with Crippen molar-refractivity contribution >= 4 is 54.8 Å². The number of nitrogens with one attached hydrogen (secondary N) is 1. The Morgan fingerprint density at radius 1 is 1.28 bits per heavy atom. The first-order valence-corrected chi connectivity index (χ1v) is 12.6. The average Bonchev–Trinajstić information content (AvgIpc) is 3.11. The van der Waals surface area contributed by atoms with Gasteiger partial charge in [-0.05, 0) is 38.0 Å². The third kappa shape index (κ3) is 4.29. The molecule has 8 nitrogen and oxygen atoms in total. The summed E-state index contributed by atoms with van der Waals surface area (Å²) in [5.74, 6) is -1.19. The molecule has 2 aromatic heterocycles. The third-order valence-electron chi connectivity index (χ3n) is 5.23. The highest BCUT2D eigenvalue weighted by Crippen LogP contribution is 2.33. The van der Waals surface area contributed by atoms with Gasteiger partial charge in [0, 0.05) is 23.7 Å². The summed E-state index contributed by atoms with van der Waals surface area (Å²) in [5.41, 5.74) is -0.342. The van der Waals surface area contributed by atoms with Crippen LogP contribution < -0.4 is 10.9 Å². The molecule has 0 aliphatic carbocycles. The van der Waals surface area contributed by atoms with Crippen molar-refractivity contribution in [3.8, 4) is 0 Å². The zero-order valence-corrected chi connectivity index (χ0v) is 19.5. The first-order chi connectivity index (χ1) is 15.2. The zero-order chi connectivity index (χ0) is 23.0. The Morgan fingerprint density at radius 2 is 2.00 bits per heavy atom. The van der Waals surface area contributed by atoms with E-state index in [0.717, 1.165) is 41.2 Å². The molecule has 1 aliphatic heterocycles. The number of sulfonamides is 1. The molecule has 1 amide bonds. The van der Waals surface area contributed by atoms with E-state index in [-0.39, 0.29) is 21.0 Å². The molecular formula is C20H20ClFN4O4S2. The largest absolute Gasteiger partial charge is 0.324 e. The van der Waals surface area contributed by atoms with E-state index in [9.17, 15) is 22.4 Å². The van der Waals surface area contributed by atoms with E-state index >= 15 is 0 Å². The highest BCUT2D eigenvalue weighted by Gasteiger charge is 2.32. The molecule has 3 aromatic rings. The van der Waals surface area contributed by atoms with Gasteiger partial charge in [-0.3, -0.25) is 14.2 Å². The minimum atomic E-state index is -3.86. The van der Waals surface area contributed by atoms with Crippen molar-refractivity contribution in [3.63, 3.8) is 0 Å². The number of fused-ring (bicyclic) bond motifs is 1. The van der Waals surface area contributed by atoms with Crippen LogP contribution in [0.5, 0.6) is 0 Å². The van der Waals surface area contributed by atoms with Crippen LogP contribution in [0.3, 0.4) is 0 Å². The molecular weight excluding hydrogens is 479 g/mol. The molecule has 0 unspecified atom stereocenters. The number of aryl methyl sites for hydroxylation is 1. The van der Waals surface area contributed by atoms with Gasteiger partial charge in [0.05, 0.1) is 16.7 Å². The first-order valence-electron chi connectivity index (χ1n) is 9.92. The van der Waals surface area contributed by atoms with Gasteiger partial charge in [0.25, 0.3) is 5.56 Å².